The number of Topliss-reactive ketones (excluding diaryl/α,β-unsaturated/α-hetero) is 1. The van der Waals surface area contributed by atoms with Crippen LogP contribution in [0.25, 0.3) is 0 Å². The zero-order valence-corrected chi connectivity index (χ0v) is 22.2. The molecule has 2 rings (SSSR count). The summed E-state index contributed by atoms with van der Waals surface area (Å²) >= 11 is 0. The predicted octanol–water partition coefficient (Wildman–Crippen LogP) is 8.71. The molecule has 2 unspecified atom stereocenters. The highest BCUT2D eigenvalue weighted by Crippen LogP contribution is 2.34. The lowest BCUT2D eigenvalue weighted by Gasteiger charge is -2.22. The van der Waals surface area contributed by atoms with Crippen molar-refractivity contribution in [3.63, 3.8) is 0 Å². The Morgan fingerprint density at radius 3 is 1.94 bits per heavy atom. The SMILES string of the molecule is CC(F)F.CCC(C)=C(N=C1C(F)CC(c2ccccc2)N1C)C(C)=O.CCCCCCCC. The number of aliphatic imine (C=N–C) groups is 1. The number of rotatable bonds is 9. The first-order valence-corrected chi connectivity index (χ1v) is 12.6. The van der Waals surface area contributed by atoms with Gasteiger partial charge in [-0.2, -0.15) is 0 Å². The number of hydrogen-bond donors (Lipinski definition) is 0. The lowest BCUT2D eigenvalue weighted by Crippen LogP contribution is -2.26. The van der Waals surface area contributed by atoms with E-state index < -0.39 is 12.6 Å². The molecular formula is C28H45F3N2O. The van der Waals surface area contributed by atoms with Gasteiger partial charge in [0.15, 0.2) is 12.0 Å². The molecule has 1 fully saturated rings. The molecule has 1 heterocycles. The van der Waals surface area contributed by atoms with E-state index in [1.54, 1.807) is 0 Å². The monoisotopic (exact) mass is 482 g/mol. The standard InChI is InChI=1S/C18H23FN2O.C8H18.C2H4F2/c1-5-12(2)17(13(3)22)20-18-15(19)11-16(21(18)4)14-9-7-6-8-10-14;1-3-5-7-8-6-4-2;1-2(3)4/h6-10,15-16H,5,11H2,1-4H3;3-8H2,1-2H3;2H,1H3. The van der Waals surface area contributed by atoms with Crippen molar-refractivity contribution >= 4 is 11.6 Å². The first-order chi connectivity index (χ1) is 16.1. The van der Waals surface area contributed by atoms with Gasteiger partial charge in [-0.05, 0) is 31.4 Å². The molecule has 0 aromatic heterocycles. The molecule has 0 saturated carbocycles. The minimum absolute atomic E-state index is 0.0370. The summed E-state index contributed by atoms with van der Waals surface area (Å²) in [6.07, 6.45) is 6.28. The number of carbonyl (C=O) groups excluding carboxylic acids is 1. The minimum atomic E-state index is -2.17. The van der Waals surface area contributed by atoms with Crippen LogP contribution in [0.3, 0.4) is 0 Å². The lowest BCUT2D eigenvalue weighted by molar-refractivity contribution is -0.113. The van der Waals surface area contributed by atoms with Crippen LogP contribution in [0.1, 0.15) is 105 Å². The molecule has 1 aliphatic rings. The van der Waals surface area contributed by atoms with Gasteiger partial charge in [0.1, 0.15) is 11.5 Å². The van der Waals surface area contributed by atoms with Crippen molar-refractivity contribution in [2.75, 3.05) is 7.05 Å². The van der Waals surface area contributed by atoms with Crippen LogP contribution in [-0.2, 0) is 4.79 Å². The molecule has 1 aromatic rings. The predicted molar refractivity (Wildman–Crippen MR) is 138 cm³/mol. The number of alkyl halides is 3. The molecule has 6 heteroatoms. The number of likely N-dealkylation sites (tertiary alicyclic amines) is 1. The van der Waals surface area contributed by atoms with Crippen LogP contribution in [0.2, 0.25) is 0 Å². The Morgan fingerprint density at radius 1 is 1.03 bits per heavy atom. The zero-order chi connectivity index (χ0) is 26.1. The number of ketones is 1. The maximum Gasteiger partial charge on any atom is 0.235 e. The van der Waals surface area contributed by atoms with Crippen LogP contribution in [0, 0.1) is 0 Å². The maximum atomic E-state index is 14.5. The molecule has 0 amide bonds. The summed E-state index contributed by atoms with van der Waals surface area (Å²) in [6.45, 7) is 10.7. The van der Waals surface area contributed by atoms with Crippen molar-refractivity contribution in [2.24, 2.45) is 4.99 Å². The quantitative estimate of drug-likeness (QED) is 0.260. The highest BCUT2D eigenvalue weighted by atomic mass is 19.3. The second-order valence-electron chi connectivity index (χ2n) is 8.68. The molecule has 0 aliphatic carbocycles. The molecule has 1 aromatic carbocycles. The van der Waals surface area contributed by atoms with Crippen molar-refractivity contribution in [1.82, 2.24) is 4.90 Å². The average Bonchev–Trinajstić information content (AvgIpc) is 3.08. The molecule has 1 aliphatic heterocycles. The van der Waals surface area contributed by atoms with Gasteiger partial charge in [0.25, 0.3) is 0 Å². The summed E-state index contributed by atoms with van der Waals surface area (Å²) in [7, 11) is 1.84. The highest BCUT2D eigenvalue weighted by Gasteiger charge is 2.36. The molecule has 34 heavy (non-hydrogen) atoms. The molecule has 0 bridgehead atoms. The van der Waals surface area contributed by atoms with Crippen LogP contribution >= 0.6 is 0 Å². The van der Waals surface area contributed by atoms with Crippen molar-refractivity contribution in [2.45, 2.75) is 112 Å². The van der Waals surface area contributed by atoms with E-state index in [4.69, 9.17) is 0 Å². The first kappa shape index (κ1) is 31.9. The van der Waals surface area contributed by atoms with E-state index >= 15 is 0 Å². The Labute approximate surface area is 205 Å². The van der Waals surface area contributed by atoms with E-state index in [-0.39, 0.29) is 11.8 Å². The third-order valence-corrected chi connectivity index (χ3v) is 5.68. The maximum absolute atomic E-state index is 14.5. The number of benzene rings is 1. The second kappa shape index (κ2) is 18.2. The molecule has 2 atom stereocenters. The summed E-state index contributed by atoms with van der Waals surface area (Å²) < 4.78 is 35.1. The Bertz CT molecular complexity index is 739. The lowest BCUT2D eigenvalue weighted by atomic mass is 10.0. The van der Waals surface area contributed by atoms with Crippen LogP contribution in [0.15, 0.2) is 46.6 Å². The van der Waals surface area contributed by atoms with E-state index in [1.165, 1.54) is 45.4 Å². The molecule has 0 N–H and O–H groups in total. The Hall–Kier alpha value is -2.11. The van der Waals surface area contributed by atoms with Gasteiger partial charge >= 0.3 is 0 Å². The number of halogens is 3. The van der Waals surface area contributed by atoms with E-state index in [1.807, 2.05) is 56.1 Å². The summed E-state index contributed by atoms with van der Waals surface area (Å²) in [4.78, 5) is 18.0. The number of unbranched alkanes of at least 4 members (excludes halogenated alkanes) is 5. The summed E-state index contributed by atoms with van der Waals surface area (Å²) in [6, 6.07) is 9.80. The summed E-state index contributed by atoms with van der Waals surface area (Å²) in [5.41, 5.74) is 2.35. The van der Waals surface area contributed by atoms with Gasteiger partial charge in [-0.15, -0.1) is 0 Å². The molecule has 3 nitrogen and oxygen atoms in total. The van der Waals surface area contributed by atoms with E-state index in [9.17, 15) is 18.0 Å². The minimum Gasteiger partial charge on any atom is -0.353 e. The van der Waals surface area contributed by atoms with E-state index in [2.05, 4.69) is 18.8 Å². The topological polar surface area (TPSA) is 32.7 Å². The van der Waals surface area contributed by atoms with Crippen molar-refractivity contribution in [1.29, 1.82) is 0 Å². The zero-order valence-electron chi connectivity index (χ0n) is 22.2. The number of allylic oxidation sites excluding steroid dienone is 2. The fourth-order valence-corrected chi connectivity index (χ4v) is 3.63. The Balaban J connectivity index is 0.000000754. The Kier molecular flexibility index (Phi) is 17.1. The van der Waals surface area contributed by atoms with Gasteiger partial charge in [0.2, 0.25) is 6.43 Å². The number of amidine groups is 1. The first-order valence-electron chi connectivity index (χ1n) is 12.6. The van der Waals surface area contributed by atoms with E-state index in [0.29, 0.717) is 18.0 Å². The number of carbonyl (C=O) groups is 1. The van der Waals surface area contributed by atoms with Gasteiger partial charge in [-0.25, -0.2) is 18.2 Å². The molecule has 0 spiro atoms. The van der Waals surface area contributed by atoms with Crippen molar-refractivity contribution < 1.29 is 18.0 Å². The second-order valence-corrected chi connectivity index (χ2v) is 8.68. The normalized spacial score (nSPS) is 19.3. The van der Waals surface area contributed by atoms with Crippen molar-refractivity contribution in [3.8, 4) is 0 Å². The van der Waals surface area contributed by atoms with Crippen LogP contribution in [0.4, 0.5) is 13.2 Å². The largest absolute Gasteiger partial charge is 0.353 e. The average molecular weight is 483 g/mol. The summed E-state index contributed by atoms with van der Waals surface area (Å²) in [5, 5.41) is 0. The van der Waals surface area contributed by atoms with Gasteiger partial charge in [-0.1, -0.05) is 89.6 Å². The number of hydrogen-bond acceptors (Lipinski definition) is 2. The fraction of sp³-hybridized carbons (Fsp3) is 0.643. The van der Waals surface area contributed by atoms with Crippen LogP contribution in [0.5, 0.6) is 0 Å². The summed E-state index contributed by atoms with van der Waals surface area (Å²) in [5.74, 6) is 0.238. The van der Waals surface area contributed by atoms with Gasteiger partial charge < -0.3 is 4.90 Å². The molecule has 0 radical (unpaired) electrons. The molecular weight excluding hydrogens is 437 g/mol. The third-order valence-electron chi connectivity index (χ3n) is 5.68. The Morgan fingerprint density at radius 2 is 1.53 bits per heavy atom. The molecule has 194 valence electrons. The van der Waals surface area contributed by atoms with Crippen LogP contribution in [-0.4, -0.2) is 36.2 Å². The van der Waals surface area contributed by atoms with Gasteiger partial charge in [-0.3, -0.25) is 4.79 Å². The smallest absolute Gasteiger partial charge is 0.235 e. The fourth-order valence-electron chi connectivity index (χ4n) is 3.63. The van der Waals surface area contributed by atoms with E-state index in [0.717, 1.165) is 24.5 Å². The number of nitrogens with zero attached hydrogens (tertiary/aromatic N) is 2. The van der Waals surface area contributed by atoms with Crippen LogP contribution < -0.4 is 0 Å². The highest BCUT2D eigenvalue weighted by molar-refractivity contribution is 5.99. The molecule has 1 saturated heterocycles. The van der Waals surface area contributed by atoms with Crippen molar-refractivity contribution in [3.05, 3.63) is 47.2 Å². The van der Waals surface area contributed by atoms with Gasteiger partial charge in [0.05, 0.1) is 6.04 Å². The van der Waals surface area contributed by atoms with Gasteiger partial charge in [0, 0.05) is 20.4 Å². The third kappa shape index (κ3) is 12.4.